The van der Waals surface area contributed by atoms with Crippen molar-refractivity contribution in [2.45, 2.75) is 25.4 Å². The summed E-state index contributed by atoms with van der Waals surface area (Å²) in [7, 11) is 0. The van der Waals surface area contributed by atoms with Crippen LogP contribution < -0.4 is 11.1 Å². The third kappa shape index (κ3) is 3.27. The lowest BCUT2D eigenvalue weighted by molar-refractivity contribution is 0.263. The van der Waals surface area contributed by atoms with Crippen molar-refractivity contribution >= 4 is 22.5 Å². The molecule has 0 bridgehead atoms. The van der Waals surface area contributed by atoms with Crippen molar-refractivity contribution in [1.29, 1.82) is 0 Å². The molecule has 2 unspecified atom stereocenters. The number of halogens is 1. The van der Waals surface area contributed by atoms with Crippen LogP contribution in [0.1, 0.15) is 24.9 Å². The van der Waals surface area contributed by atoms with Gasteiger partial charge in [-0.3, -0.25) is 4.98 Å². The second-order valence-corrected chi connectivity index (χ2v) is 5.31. The zero-order valence-corrected chi connectivity index (χ0v) is 12.3. The minimum absolute atomic E-state index is 0.00813. The van der Waals surface area contributed by atoms with Gasteiger partial charge < -0.3 is 16.2 Å². The topological polar surface area (TPSA) is 71.2 Å². The summed E-state index contributed by atoms with van der Waals surface area (Å²) in [6.45, 7) is 2.65. The molecular weight excluding hydrogens is 274 g/mol. The van der Waals surface area contributed by atoms with Crippen LogP contribution in [0.2, 0.25) is 5.02 Å². The number of pyridine rings is 1. The van der Waals surface area contributed by atoms with Gasteiger partial charge in [-0.2, -0.15) is 0 Å². The highest BCUT2D eigenvalue weighted by Gasteiger charge is 2.16. The maximum Gasteiger partial charge on any atom is 0.0765 e. The predicted octanol–water partition coefficient (Wildman–Crippen LogP) is 2.25. The van der Waals surface area contributed by atoms with E-state index in [1.54, 1.807) is 6.20 Å². The minimum Gasteiger partial charge on any atom is -0.396 e. The fourth-order valence-corrected chi connectivity index (χ4v) is 2.56. The summed E-state index contributed by atoms with van der Waals surface area (Å²) in [5.41, 5.74) is 7.81. The fourth-order valence-electron chi connectivity index (χ4n) is 2.35. The lowest BCUT2D eigenvalue weighted by atomic mass is 10.0. The number of nitrogens with two attached hydrogens (primary N) is 1. The molecule has 0 aliphatic carbocycles. The van der Waals surface area contributed by atoms with Crippen LogP contribution in [0.3, 0.4) is 0 Å². The van der Waals surface area contributed by atoms with E-state index in [2.05, 4.69) is 10.3 Å². The molecular formula is C15H20ClN3O. The van der Waals surface area contributed by atoms with Crippen molar-refractivity contribution < 1.29 is 5.11 Å². The molecule has 1 heterocycles. The molecule has 4 nitrogen and oxygen atoms in total. The smallest absolute Gasteiger partial charge is 0.0765 e. The predicted molar refractivity (Wildman–Crippen MR) is 82.8 cm³/mol. The number of hydrogen-bond acceptors (Lipinski definition) is 4. The first-order valence-corrected chi connectivity index (χ1v) is 7.15. The molecule has 0 aliphatic heterocycles. The lowest BCUT2D eigenvalue weighted by Gasteiger charge is -2.23. The fraction of sp³-hybridized carbons (Fsp3) is 0.400. The van der Waals surface area contributed by atoms with E-state index >= 15 is 0 Å². The van der Waals surface area contributed by atoms with Gasteiger partial charge in [-0.25, -0.2) is 0 Å². The van der Waals surface area contributed by atoms with Crippen molar-refractivity contribution in [2.75, 3.05) is 13.2 Å². The number of benzene rings is 1. The van der Waals surface area contributed by atoms with Gasteiger partial charge in [-0.05, 0) is 37.1 Å². The third-order valence-electron chi connectivity index (χ3n) is 3.41. The van der Waals surface area contributed by atoms with Crippen LogP contribution in [0, 0.1) is 0 Å². The Hall–Kier alpha value is -1.20. The number of hydrogen-bond donors (Lipinski definition) is 3. The van der Waals surface area contributed by atoms with E-state index < -0.39 is 0 Å². The quantitative estimate of drug-likeness (QED) is 0.764. The number of rotatable bonds is 6. The zero-order chi connectivity index (χ0) is 14.5. The summed E-state index contributed by atoms with van der Waals surface area (Å²) in [5, 5.41) is 14.1. The molecule has 0 fully saturated rings. The molecule has 0 saturated carbocycles. The van der Waals surface area contributed by atoms with E-state index in [1.807, 2.05) is 31.2 Å². The average molecular weight is 294 g/mol. The Kier molecular flexibility index (Phi) is 5.31. The Morgan fingerprint density at radius 2 is 2.20 bits per heavy atom. The Labute approximate surface area is 124 Å². The molecule has 0 spiro atoms. The molecule has 0 amide bonds. The van der Waals surface area contributed by atoms with Crippen molar-refractivity contribution in [3.05, 3.63) is 41.0 Å². The van der Waals surface area contributed by atoms with Gasteiger partial charge in [0.2, 0.25) is 0 Å². The lowest BCUT2D eigenvalue weighted by Crippen LogP contribution is -2.35. The number of aliphatic hydroxyl groups is 1. The van der Waals surface area contributed by atoms with E-state index in [1.165, 1.54) is 0 Å². The number of aliphatic hydroxyl groups excluding tert-OH is 1. The molecule has 108 valence electrons. The van der Waals surface area contributed by atoms with Gasteiger partial charge in [-0.1, -0.05) is 17.7 Å². The van der Waals surface area contributed by atoms with Gasteiger partial charge in [-0.15, -0.1) is 0 Å². The summed E-state index contributed by atoms with van der Waals surface area (Å²) < 4.78 is 0. The first kappa shape index (κ1) is 15.2. The van der Waals surface area contributed by atoms with E-state index in [9.17, 15) is 0 Å². The molecule has 1 aromatic heterocycles. The average Bonchev–Trinajstić information content (AvgIpc) is 2.46. The highest BCUT2D eigenvalue weighted by molar-refractivity contribution is 6.35. The van der Waals surface area contributed by atoms with Crippen molar-refractivity contribution in [2.24, 2.45) is 5.73 Å². The van der Waals surface area contributed by atoms with Gasteiger partial charge >= 0.3 is 0 Å². The standard InChI is InChI=1S/C15H20ClN3O/c1-10(6-8-20)19-14(9-17)12-4-5-13(16)11-3-2-7-18-15(11)12/h2-5,7,10,14,19-20H,6,8-9,17H2,1H3. The summed E-state index contributed by atoms with van der Waals surface area (Å²) in [6.07, 6.45) is 2.45. The van der Waals surface area contributed by atoms with E-state index in [-0.39, 0.29) is 18.7 Å². The van der Waals surface area contributed by atoms with Gasteiger partial charge in [0, 0.05) is 41.8 Å². The van der Waals surface area contributed by atoms with Crippen LogP contribution in [0.4, 0.5) is 0 Å². The third-order valence-corrected chi connectivity index (χ3v) is 3.74. The van der Waals surface area contributed by atoms with Crippen LogP contribution in [0.5, 0.6) is 0 Å². The van der Waals surface area contributed by atoms with Crippen LogP contribution in [-0.4, -0.2) is 29.3 Å². The molecule has 1 aromatic carbocycles. The molecule has 4 N–H and O–H groups in total. The Bertz CT molecular complexity index is 576. The van der Waals surface area contributed by atoms with E-state index in [4.69, 9.17) is 22.4 Å². The summed E-state index contributed by atoms with van der Waals surface area (Å²) in [4.78, 5) is 4.43. The first-order valence-electron chi connectivity index (χ1n) is 6.77. The van der Waals surface area contributed by atoms with Crippen molar-refractivity contribution in [1.82, 2.24) is 10.3 Å². The van der Waals surface area contributed by atoms with Gasteiger partial charge in [0.15, 0.2) is 0 Å². The van der Waals surface area contributed by atoms with Crippen LogP contribution in [0.15, 0.2) is 30.5 Å². The van der Waals surface area contributed by atoms with E-state index in [0.717, 1.165) is 16.5 Å². The zero-order valence-electron chi connectivity index (χ0n) is 11.5. The van der Waals surface area contributed by atoms with Crippen LogP contribution >= 0.6 is 11.6 Å². The highest BCUT2D eigenvalue weighted by Crippen LogP contribution is 2.28. The molecule has 0 radical (unpaired) electrons. The Morgan fingerprint density at radius 3 is 2.90 bits per heavy atom. The van der Waals surface area contributed by atoms with Gasteiger partial charge in [0.1, 0.15) is 0 Å². The largest absolute Gasteiger partial charge is 0.396 e. The molecule has 20 heavy (non-hydrogen) atoms. The second kappa shape index (κ2) is 6.99. The Morgan fingerprint density at radius 1 is 1.40 bits per heavy atom. The molecule has 0 aliphatic rings. The molecule has 2 atom stereocenters. The van der Waals surface area contributed by atoms with Crippen molar-refractivity contribution in [3.8, 4) is 0 Å². The summed E-state index contributed by atoms with van der Waals surface area (Å²) in [6, 6.07) is 7.85. The maximum atomic E-state index is 9.00. The number of fused-ring (bicyclic) bond motifs is 1. The number of nitrogens with zero attached hydrogens (tertiary/aromatic N) is 1. The summed E-state index contributed by atoms with van der Waals surface area (Å²) in [5.74, 6) is 0. The van der Waals surface area contributed by atoms with Gasteiger partial charge in [0.05, 0.1) is 5.52 Å². The SMILES string of the molecule is CC(CCO)NC(CN)c1ccc(Cl)c2cccnc12. The number of nitrogens with one attached hydrogen (secondary N) is 1. The van der Waals surface area contributed by atoms with Gasteiger partial charge in [0.25, 0.3) is 0 Å². The maximum absolute atomic E-state index is 9.00. The highest BCUT2D eigenvalue weighted by atomic mass is 35.5. The molecule has 0 saturated heterocycles. The Balaban J connectivity index is 2.37. The van der Waals surface area contributed by atoms with Crippen LogP contribution in [-0.2, 0) is 0 Å². The molecule has 2 aromatic rings. The van der Waals surface area contributed by atoms with E-state index in [0.29, 0.717) is 18.0 Å². The normalized spacial score (nSPS) is 14.4. The number of aromatic nitrogens is 1. The summed E-state index contributed by atoms with van der Waals surface area (Å²) >= 11 is 6.21. The second-order valence-electron chi connectivity index (χ2n) is 4.90. The van der Waals surface area contributed by atoms with Crippen molar-refractivity contribution in [3.63, 3.8) is 0 Å². The molecule has 5 heteroatoms. The monoisotopic (exact) mass is 293 g/mol. The minimum atomic E-state index is -0.00813. The first-order chi connectivity index (χ1) is 9.67. The molecule has 2 rings (SSSR count). The van der Waals surface area contributed by atoms with Crippen LogP contribution in [0.25, 0.3) is 10.9 Å².